The molecule has 0 atom stereocenters. The summed E-state index contributed by atoms with van der Waals surface area (Å²) in [4.78, 5) is 22.5. The van der Waals surface area contributed by atoms with E-state index < -0.39 is 5.97 Å². The predicted molar refractivity (Wildman–Crippen MR) is 69.4 cm³/mol. The molecule has 18 heavy (non-hydrogen) atoms. The van der Waals surface area contributed by atoms with Gasteiger partial charge in [0, 0.05) is 11.4 Å². The zero-order chi connectivity index (χ0) is 13.4. The van der Waals surface area contributed by atoms with Crippen molar-refractivity contribution in [3.8, 4) is 0 Å². The average Bonchev–Trinajstić information content (AvgIpc) is 2.36. The maximum absolute atomic E-state index is 11.4. The van der Waals surface area contributed by atoms with Gasteiger partial charge in [-0.3, -0.25) is 9.59 Å². The van der Waals surface area contributed by atoms with Crippen LogP contribution in [0.1, 0.15) is 18.9 Å². The summed E-state index contributed by atoms with van der Waals surface area (Å²) < 4.78 is 4.70. The highest BCUT2D eigenvalue weighted by Gasteiger charge is 2.06. The minimum atomic E-state index is -0.419. The molecule has 0 aliphatic rings. The van der Waals surface area contributed by atoms with E-state index in [9.17, 15) is 9.59 Å². The first-order valence-electron chi connectivity index (χ1n) is 5.78. The lowest BCUT2D eigenvalue weighted by Gasteiger charge is -2.05. The first-order chi connectivity index (χ1) is 8.61. The third kappa shape index (κ3) is 5.68. The van der Waals surface area contributed by atoms with Crippen molar-refractivity contribution in [3.05, 3.63) is 34.9 Å². The van der Waals surface area contributed by atoms with Crippen molar-refractivity contribution < 1.29 is 14.3 Å². The van der Waals surface area contributed by atoms with Crippen molar-refractivity contribution in [3.63, 3.8) is 0 Å². The Hall–Kier alpha value is -1.55. The van der Waals surface area contributed by atoms with Crippen LogP contribution in [0.25, 0.3) is 0 Å². The molecular formula is C13H16ClNO3. The van der Waals surface area contributed by atoms with Crippen molar-refractivity contribution in [2.24, 2.45) is 0 Å². The molecule has 0 spiro atoms. The molecule has 4 nitrogen and oxygen atoms in total. The summed E-state index contributed by atoms with van der Waals surface area (Å²) in [7, 11) is 0. The Labute approximate surface area is 111 Å². The smallest absolute Gasteiger partial charge is 0.325 e. The van der Waals surface area contributed by atoms with Gasteiger partial charge < -0.3 is 10.1 Å². The summed E-state index contributed by atoms with van der Waals surface area (Å²) >= 11 is 5.76. The minimum absolute atomic E-state index is 0.0761. The largest absolute Gasteiger partial charge is 0.465 e. The fraction of sp³-hybridized carbons (Fsp3) is 0.385. The van der Waals surface area contributed by atoms with E-state index >= 15 is 0 Å². The van der Waals surface area contributed by atoms with Crippen LogP contribution in [0.15, 0.2) is 24.3 Å². The second kappa shape index (κ2) is 7.71. The van der Waals surface area contributed by atoms with E-state index in [4.69, 9.17) is 16.3 Å². The van der Waals surface area contributed by atoms with Crippen molar-refractivity contribution in [2.75, 3.05) is 13.2 Å². The standard InChI is InChI=1S/C13H16ClNO3/c1-2-18-13(17)9-15-12(16)8-5-10-3-6-11(14)7-4-10/h3-4,6-7H,2,5,8-9H2,1H3,(H,15,16). The maximum Gasteiger partial charge on any atom is 0.325 e. The van der Waals surface area contributed by atoms with Crippen molar-refractivity contribution in [1.82, 2.24) is 5.32 Å². The molecular weight excluding hydrogens is 254 g/mol. The van der Waals surface area contributed by atoms with E-state index in [1.165, 1.54) is 0 Å². The molecule has 1 aromatic carbocycles. The van der Waals surface area contributed by atoms with Crippen molar-refractivity contribution >= 4 is 23.5 Å². The Balaban J connectivity index is 2.24. The van der Waals surface area contributed by atoms with E-state index in [0.717, 1.165) is 5.56 Å². The summed E-state index contributed by atoms with van der Waals surface area (Å²) in [5.74, 6) is -0.588. The van der Waals surface area contributed by atoms with Crippen LogP contribution in [-0.2, 0) is 20.7 Å². The van der Waals surface area contributed by atoms with Gasteiger partial charge in [-0.1, -0.05) is 23.7 Å². The molecule has 1 rings (SSSR count). The van der Waals surface area contributed by atoms with Gasteiger partial charge in [0.25, 0.3) is 0 Å². The van der Waals surface area contributed by atoms with E-state index in [-0.39, 0.29) is 12.5 Å². The van der Waals surface area contributed by atoms with Gasteiger partial charge in [0.15, 0.2) is 0 Å². The molecule has 0 heterocycles. The SMILES string of the molecule is CCOC(=O)CNC(=O)CCc1ccc(Cl)cc1. The summed E-state index contributed by atoms with van der Waals surface area (Å²) in [5.41, 5.74) is 1.03. The summed E-state index contributed by atoms with van der Waals surface area (Å²) in [6.45, 7) is 1.97. The molecule has 1 N–H and O–H groups in total. The van der Waals surface area contributed by atoms with E-state index in [1.54, 1.807) is 19.1 Å². The highest BCUT2D eigenvalue weighted by molar-refractivity contribution is 6.30. The van der Waals surface area contributed by atoms with Gasteiger partial charge in [0.1, 0.15) is 6.54 Å². The molecule has 0 radical (unpaired) electrons. The number of nitrogens with one attached hydrogen (secondary N) is 1. The summed E-state index contributed by atoms with van der Waals surface area (Å²) in [6, 6.07) is 7.32. The molecule has 0 fully saturated rings. The first-order valence-corrected chi connectivity index (χ1v) is 6.16. The molecule has 0 saturated heterocycles. The maximum atomic E-state index is 11.4. The molecule has 1 amide bonds. The number of esters is 1. The van der Waals surface area contributed by atoms with Gasteiger partial charge in [-0.25, -0.2) is 0 Å². The number of hydrogen-bond donors (Lipinski definition) is 1. The molecule has 0 aliphatic carbocycles. The van der Waals surface area contributed by atoms with E-state index in [0.29, 0.717) is 24.5 Å². The fourth-order valence-electron chi connectivity index (χ4n) is 1.38. The second-order valence-electron chi connectivity index (χ2n) is 3.71. The van der Waals surface area contributed by atoms with E-state index in [1.807, 2.05) is 12.1 Å². The molecule has 0 aromatic heterocycles. The number of hydrogen-bond acceptors (Lipinski definition) is 3. The van der Waals surface area contributed by atoms with Crippen LogP contribution in [0.4, 0.5) is 0 Å². The van der Waals surface area contributed by atoms with E-state index in [2.05, 4.69) is 5.32 Å². The number of amides is 1. The van der Waals surface area contributed by atoms with Crippen LogP contribution in [0.3, 0.4) is 0 Å². The van der Waals surface area contributed by atoms with Gasteiger partial charge in [-0.2, -0.15) is 0 Å². The quantitative estimate of drug-likeness (QED) is 0.803. The topological polar surface area (TPSA) is 55.4 Å². The second-order valence-corrected chi connectivity index (χ2v) is 4.14. The molecule has 0 aliphatic heterocycles. The molecule has 0 unspecified atom stereocenters. The predicted octanol–water partition coefficient (Wildman–Crippen LogP) is 1.95. The fourth-order valence-corrected chi connectivity index (χ4v) is 1.51. The number of carbonyl (C=O) groups is 2. The number of ether oxygens (including phenoxy) is 1. The summed E-state index contributed by atoms with van der Waals surface area (Å²) in [5, 5.41) is 3.18. The van der Waals surface area contributed by atoms with Crippen LogP contribution in [0.2, 0.25) is 5.02 Å². The zero-order valence-electron chi connectivity index (χ0n) is 10.2. The van der Waals surface area contributed by atoms with Gasteiger partial charge in [0.05, 0.1) is 6.61 Å². The van der Waals surface area contributed by atoms with Crippen LogP contribution in [-0.4, -0.2) is 25.0 Å². The lowest BCUT2D eigenvalue weighted by atomic mass is 10.1. The molecule has 98 valence electrons. The van der Waals surface area contributed by atoms with Crippen LogP contribution >= 0.6 is 11.6 Å². The van der Waals surface area contributed by atoms with Crippen molar-refractivity contribution in [1.29, 1.82) is 0 Å². The molecule has 1 aromatic rings. The number of halogens is 1. The monoisotopic (exact) mass is 269 g/mol. The normalized spacial score (nSPS) is 9.89. The van der Waals surface area contributed by atoms with Crippen molar-refractivity contribution in [2.45, 2.75) is 19.8 Å². The lowest BCUT2D eigenvalue weighted by Crippen LogP contribution is -2.30. The third-order valence-corrected chi connectivity index (χ3v) is 2.54. The highest BCUT2D eigenvalue weighted by atomic mass is 35.5. The van der Waals surface area contributed by atoms with Crippen LogP contribution in [0, 0.1) is 0 Å². The first kappa shape index (κ1) is 14.5. The molecule has 0 bridgehead atoms. The Morgan fingerprint density at radius 2 is 1.94 bits per heavy atom. The average molecular weight is 270 g/mol. The Bertz CT molecular complexity index is 403. The van der Waals surface area contributed by atoms with Crippen LogP contribution in [0.5, 0.6) is 0 Å². The number of aryl methyl sites for hydroxylation is 1. The Kier molecular flexibility index (Phi) is 6.22. The summed E-state index contributed by atoms with van der Waals surface area (Å²) in [6.07, 6.45) is 0.951. The van der Waals surface area contributed by atoms with Gasteiger partial charge in [0.2, 0.25) is 5.91 Å². The Morgan fingerprint density at radius 1 is 1.28 bits per heavy atom. The highest BCUT2D eigenvalue weighted by Crippen LogP contribution is 2.10. The van der Waals surface area contributed by atoms with Gasteiger partial charge in [-0.15, -0.1) is 0 Å². The van der Waals surface area contributed by atoms with Crippen LogP contribution < -0.4 is 5.32 Å². The minimum Gasteiger partial charge on any atom is -0.465 e. The lowest BCUT2D eigenvalue weighted by molar-refractivity contribution is -0.143. The molecule has 0 saturated carbocycles. The Morgan fingerprint density at radius 3 is 2.56 bits per heavy atom. The number of carbonyl (C=O) groups excluding carboxylic acids is 2. The third-order valence-electron chi connectivity index (χ3n) is 2.29. The number of benzene rings is 1. The zero-order valence-corrected chi connectivity index (χ0v) is 11.0. The van der Waals surface area contributed by atoms with Gasteiger partial charge in [-0.05, 0) is 31.0 Å². The number of rotatable bonds is 6. The van der Waals surface area contributed by atoms with Gasteiger partial charge >= 0.3 is 5.97 Å². The molecule has 5 heteroatoms.